The van der Waals surface area contributed by atoms with Gasteiger partial charge in [0.15, 0.2) is 0 Å². The summed E-state index contributed by atoms with van der Waals surface area (Å²) in [5.74, 6) is 0.758. The van der Waals surface area contributed by atoms with Gasteiger partial charge in [-0.15, -0.1) is 0 Å². The first kappa shape index (κ1) is 12.0. The molecule has 0 aliphatic rings. The Balaban J connectivity index is 2.71. The van der Waals surface area contributed by atoms with E-state index in [9.17, 15) is 4.39 Å². The van der Waals surface area contributed by atoms with Crippen LogP contribution < -0.4 is 4.74 Å². The Morgan fingerprint density at radius 1 is 1.27 bits per heavy atom. The van der Waals surface area contributed by atoms with Crippen molar-refractivity contribution >= 4 is 0 Å². The largest absolute Gasteiger partial charge is 0.493 e. The highest BCUT2D eigenvalue weighted by atomic mass is 19.1. The molecule has 0 aliphatic carbocycles. The molecule has 0 unspecified atom stereocenters. The van der Waals surface area contributed by atoms with Gasteiger partial charge in [-0.2, -0.15) is 0 Å². The van der Waals surface area contributed by atoms with Crippen LogP contribution in [0.2, 0.25) is 0 Å². The number of rotatable bonds is 5. The van der Waals surface area contributed by atoms with E-state index in [1.165, 1.54) is 6.07 Å². The van der Waals surface area contributed by atoms with Crippen LogP contribution in [0, 0.1) is 5.82 Å². The molecule has 0 fully saturated rings. The van der Waals surface area contributed by atoms with E-state index >= 15 is 0 Å². The molecule has 2 heteroatoms. The molecular weight excluding hydrogens is 191 g/mol. The molecule has 0 atom stereocenters. The van der Waals surface area contributed by atoms with Crippen molar-refractivity contribution in [1.82, 2.24) is 0 Å². The van der Waals surface area contributed by atoms with Crippen molar-refractivity contribution in [2.75, 3.05) is 6.61 Å². The summed E-state index contributed by atoms with van der Waals surface area (Å²) in [5, 5.41) is 0. The average Bonchev–Trinajstić information content (AvgIpc) is 2.17. The Morgan fingerprint density at radius 2 is 2.00 bits per heavy atom. The van der Waals surface area contributed by atoms with Crippen LogP contribution >= 0.6 is 0 Å². The number of ether oxygens (including phenoxy) is 1. The molecule has 1 rings (SSSR count). The number of hydrogen-bond acceptors (Lipinski definition) is 1. The Bertz CT molecular complexity index is 307. The van der Waals surface area contributed by atoms with E-state index in [1.807, 2.05) is 19.9 Å². The van der Waals surface area contributed by atoms with Crippen LogP contribution in [-0.4, -0.2) is 6.61 Å². The van der Waals surface area contributed by atoms with Crippen molar-refractivity contribution in [3.63, 3.8) is 0 Å². The Morgan fingerprint density at radius 3 is 2.60 bits per heavy atom. The first-order valence-corrected chi connectivity index (χ1v) is 5.56. The molecule has 0 saturated carbocycles. The highest BCUT2D eigenvalue weighted by Gasteiger charge is 2.04. The lowest BCUT2D eigenvalue weighted by molar-refractivity contribution is 0.307. The highest BCUT2D eigenvalue weighted by Crippen LogP contribution is 2.22. The molecule has 0 radical (unpaired) electrons. The summed E-state index contributed by atoms with van der Waals surface area (Å²) < 4.78 is 18.7. The number of unbranched alkanes of at least 4 members (excludes halogenated alkanes) is 1. The predicted molar refractivity (Wildman–Crippen MR) is 60.9 cm³/mol. The lowest BCUT2D eigenvalue weighted by Gasteiger charge is -2.10. The normalized spacial score (nSPS) is 10.7. The van der Waals surface area contributed by atoms with Gasteiger partial charge in [0, 0.05) is 6.07 Å². The minimum atomic E-state index is -0.215. The third kappa shape index (κ3) is 3.90. The minimum absolute atomic E-state index is 0.215. The van der Waals surface area contributed by atoms with Crippen LogP contribution in [0.1, 0.15) is 45.1 Å². The molecule has 0 bridgehead atoms. The lowest BCUT2D eigenvalue weighted by Crippen LogP contribution is -1.98. The fraction of sp³-hybridized carbons (Fsp3) is 0.538. The maximum absolute atomic E-state index is 13.2. The smallest absolute Gasteiger partial charge is 0.127 e. The van der Waals surface area contributed by atoms with Gasteiger partial charge in [0.25, 0.3) is 0 Å². The summed E-state index contributed by atoms with van der Waals surface area (Å²) in [4.78, 5) is 0. The maximum atomic E-state index is 13.2. The van der Waals surface area contributed by atoms with Gasteiger partial charge in [0.1, 0.15) is 11.6 Å². The van der Waals surface area contributed by atoms with E-state index in [0.29, 0.717) is 18.3 Å². The molecule has 15 heavy (non-hydrogen) atoms. The monoisotopic (exact) mass is 210 g/mol. The van der Waals surface area contributed by atoms with E-state index in [1.54, 1.807) is 6.07 Å². The SMILES string of the molecule is CCCCOc1cc(F)cc(C(C)C)c1. The van der Waals surface area contributed by atoms with E-state index in [2.05, 4.69) is 6.92 Å². The maximum Gasteiger partial charge on any atom is 0.127 e. The molecule has 1 aromatic rings. The number of halogens is 1. The van der Waals surface area contributed by atoms with Gasteiger partial charge in [-0.25, -0.2) is 4.39 Å². The molecule has 0 aliphatic heterocycles. The molecule has 0 N–H and O–H groups in total. The lowest BCUT2D eigenvalue weighted by atomic mass is 10.0. The summed E-state index contributed by atoms with van der Waals surface area (Å²) in [6, 6.07) is 4.93. The summed E-state index contributed by atoms with van der Waals surface area (Å²) in [5.41, 5.74) is 0.987. The fourth-order valence-corrected chi connectivity index (χ4v) is 1.34. The molecule has 0 aromatic heterocycles. The Hall–Kier alpha value is -1.05. The summed E-state index contributed by atoms with van der Waals surface area (Å²) in [6.45, 7) is 6.86. The van der Waals surface area contributed by atoms with Crippen molar-refractivity contribution in [2.45, 2.75) is 39.5 Å². The van der Waals surface area contributed by atoms with Crippen LogP contribution in [-0.2, 0) is 0 Å². The number of benzene rings is 1. The van der Waals surface area contributed by atoms with E-state index in [-0.39, 0.29) is 5.82 Å². The fourth-order valence-electron chi connectivity index (χ4n) is 1.34. The van der Waals surface area contributed by atoms with E-state index < -0.39 is 0 Å². The molecule has 1 nitrogen and oxygen atoms in total. The van der Waals surface area contributed by atoms with Crippen molar-refractivity contribution in [1.29, 1.82) is 0 Å². The van der Waals surface area contributed by atoms with E-state index in [4.69, 9.17) is 4.74 Å². The molecule has 84 valence electrons. The minimum Gasteiger partial charge on any atom is -0.493 e. The third-order valence-electron chi connectivity index (χ3n) is 2.33. The van der Waals surface area contributed by atoms with Crippen LogP contribution in [0.25, 0.3) is 0 Å². The second-order valence-electron chi connectivity index (χ2n) is 4.08. The summed E-state index contributed by atoms with van der Waals surface area (Å²) in [6.07, 6.45) is 2.10. The van der Waals surface area contributed by atoms with Gasteiger partial charge in [-0.3, -0.25) is 0 Å². The van der Waals surface area contributed by atoms with Crippen molar-refractivity contribution in [3.05, 3.63) is 29.6 Å². The van der Waals surface area contributed by atoms with Gasteiger partial charge in [-0.1, -0.05) is 27.2 Å². The third-order valence-corrected chi connectivity index (χ3v) is 2.33. The van der Waals surface area contributed by atoms with Crippen molar-refractivity contribution in [3.8, 4) is 5.75 Å². The molecule has 0 amide bonds. The zero-order valence-electron chi connectivity index (χ0n) is 9.72. The van der Waals surface area contributed by atoms with Crippen molar-refractivity contribution in [2.24, 2.45) is 0 Å². The van der Waals surface area contributed by atoms with Crippen LogP contribution in [0.3, 0.4) is 0 Å². The molecule has 0 heterocycles. The Labute approximate surface area is 91.3 Å². The molecule has 1 aromatic carbocycles. The van der Waals surface area contributed by atoms with Gasteiger partial charge in [-0.05, 0) is 30.0 Å². The predicted octanol–water partition coefficient (Wildman–Crippen LogP) is 4.13. The first-order valence-electron chi connectivity index (χ1n) is 5.56. The quantitative estimate of drug-likeness (QED) is 0.664. The zero-order chi connectivity index (χ0) is 11.3. The summed E-state index contributed by atoms with van der Waals surface area (Å²) >= 11 is 0. The van der Waals surface area contributed by atoms with Gasteiger partial charge >= 0.3 is 0 Å². The van der Waals surface area contributed by atoms with Crippen LogP contribution in [0.4, 0.5) is 4.39 Å². The second kappa shape index (κ2) is 5.74. The first-order chi connectivity index (χ1) is 7.13. The Kier molecular flexibility index (Phi) is 4.60. The zero-order valence-corrected chi connectivity index (χ0v) is 9.72. The van der Waals surface area contributed by atoms with Gasteiger partial charge < -0.3 is 4.74 Å². The second-order valence-corrected chi connectivity index (χ2v) is 4.08. The number of hydrogen-bond donors (Lipinski definition) is 0. The molecule has 0 saturated heterocycles. The summed E-state index contributed by atoms with van der Waals surface area (Å²) in [7, 11) is 0. The standard InChI is InChI=1S/C13H19FO/c1-4-5-6-15-13-8-11(10(2)3)7-12(14)9-13/h7-10H,4-6H2,1-3H3. The van der Waals surface area contributed by atoms with Gasteiger partial charge in [0.05, 0.1) is 6.61 Å². The molecular formula is C13H19FO. The van der Waals surface area contributed by atoms with Gasteiger partial charge in [0.2, 0.25) is 0 Å². The highest BCUT2D eigenvalue weighted by molar-refractivity contribution is 5.31. The van der Waals surface area contributed by atoms with Crippen LogP contribution in [0.15, 0.2) is 18.2 Å². The van der Waals surface area contributed by atoms with E-state index in [0.717, 1.165) is 18.4 Å². The van der Waals surface area contributed by atoms with Crippen LogP contribution in [0.5, 0.6) is 5.75 Å². The van der Waals surface area contributed by atoms with Crippen molar-refractivity contribution < 1.29 is 9.13 Å². The topological polar surface area (TPSA) is 9.23 Å². The average molecular weight is 210 g/mol. The molecule has 0 spiro atoms.